The van der Waals surface area contributed by atoms with E-state index in [1.54, 1.807) is 19.3 Å². The Hall–Kier alpha value is -1.46. The van der Waals surface area contributed by atoms with Crippen LogP contribution in [0.4, 0.5) is 10.8 Å². The Labute approximate surface area is 110 Å². The number of halogens is 1. The number of carbonyl (C=O) groups is 1. The normalized spacial score (nSPS) is 9.53. The van der Waals surface area contributed by atoms with Gasteiger partial charge in [0.1, 0.15) is 0 Å². The molecule has 2 rings (SSSR count). The van der Waals surface area contributed by atoms with Crippen molar-refractivity contribution < 1.29 is 4.79 Å². The van der Waals surface area contributed by atoms with E-state index >= 15 is 0 Å². The van der Waals surface area contributed by atoms with E-state index in [1.807, 2.05) is 19.1 Å². The van der Waals surface area contributed by atoms with Crippen molar-refractivity contribution in [1.82, 2.24) is 9.97 Å². The average Bonchev–Trinajstić information content (AvgIpc) is 2.61. The summed E-state index contributed by atoms with van der Waals surface area (Å²) in [7, 11) is 0. The molecule has 2 aromatic heterocycles. The monoisotopic (exact) mass is 269 g/mol. The van der Waals surface area contributed by atoms with Crippen LogP contribution in [-0.4, -0.2) is 15.8 Å². The van der Waals surface area contributed by atoms with Crippen molar-refractivity contribution in [1.29, 1.82) is 0 Å². The number of thiazole rings is 1. The van der Waals surface area contributed by atoms with E-state index in [0.717, 1.165) is 16.5 Å². The number of aromatic nitrogens is 2. The zero-order valence-corrected chi connectivity index (χ0v) is 11.1. The number of aryl methyl sites for hydroxylation is 1. The highest BCUT2D eigenvalue weighted by atomic mass is 35.5. The largest absolute Gasteiger partial charge is 0.330 e. The lowest BCUT2D eigenvalue weighted by molar-refractivity contribution is 0.102. The van der Waals surface area contributed by atoms with Crippen LogP contribution >= 0.6 is 23.7 Å². The lowest BCUT2D eigenvalue weighted by Gasteiger charge is -1.99. The van der Waals surface area contributed by atoms with Gasteiger partial charge in [0.2, 0.25) is 0 Å². The second-order valence-corrected chi connectivity index (χ2v) is 4.36. The number of hydrogen-bond donors (Lipinski definition) is 1. The molecule has 4 nitrogen and oxygen atoms in total. The first-order valence-corrected chi connectivity index (χ1v) is 5.64. The van der Waals surface area contributed by atoms with Crippen molar-refractivity contribution in [2.75, 3.05) is 5.32 Å². The highest BCUT2D eigenvalue weighted by molar-refractivity contribution is 7.17. The highest BCUT2D eigenvalue weighted by Crippen LogP contribution is 2.25. The Morgan fingerprint density at radius 1 is 1.47 bits per heavy atom. The van der Waals surface area contributed by atoms with Crippen LogP contribution in [0, 0.1) is 6.92 Å². The Morgan fingerprint density at radius 2 is 2.24 bits per heavy atom. The van der Waals surface area contributed by atoms with Gasteiger partial charge in [-0.2, -0.15) is 0 Å². The zero-order valence-electron chi connectivity index (χ0n) is 9.43. The van der Waals surface area contributed by atoms with Crippen LogP contribution in [0.3, 0.4) is 0 Å². The smallest absolute Gasteiger partial charge is 0.188 e. The molecule has 0 saturated heterocycles. The molecule has 0 bridgehead atoms. The van der Waals surface area contributed by atoms with Crippen molar-refractivity contribution in [2.24, 2.45) is 0 Å². The molecule has 2 heterocycles. The molecule has 0 unspecified atom stereocenters. The zero-order chi connectivity index (χ0) is 11.5. The molecule has 6 heteroatoms. The predicted molar refractivity (Wildman–Crippen MR) is 71.6 cm³/mol. The predicted octanol–water partition coefficient (Wildman–Crippen LogP) is 3.21. The van der Waals surface area contributed by atoms with E-state index in [2.05, 4.69) is 15.3 Å². The molecular weight excluding hydrogens is 258 g/mol. The van der Waals surface area contributed by atoms with Crippen LogP contribution in [0.2, 0.25) is 0 Å². The molecule has 2 aromatic rings. The number of anilines is 2. The Morgan fingerprint density at radius 3 is 2.76 bits per heavy atom. The fraction of sp³-hybridized carbons (Fsp3) is 0.182. The van der Waals surface area contributed by atoms with Crippen LogP contribution in [0.1, 0.15) is 22.3 Å². The maximum atomic E-state index is 11.3. The maximum Gasteiger partial charge on any atom is 0.188 e. The molecule has 0 spiro atoms. The summed E-state index contributed by atoms with van der Waals surface area (Å²) in [6.07, 6.45) is 3.42. The molecule has 0 fully saturated rings. The minimum Gasteiger partial charge on any atom is -0.330 e. The van der Waals surface area contributed by atoms with E-state index in [1.165, 1.54) is 11.3 Å². The number of nitrogens with zero attached hydrogens (tertiary/aromatic N) is 2. The molecule has 17 heavy (non-hydrogen) atoms. The van der Waals surface area contributed by atoms with Gasteiger partial charge in [-0.1, -0.05) is 11.3 Å². The fourth-order valence-corrected chi connectivity index (χ4v) is 2.22. The molecule has 90 valence electrons. The summed E-state index contributed by atoms with van der Waals surface area (Å²) < 4.78 is 0. The van der Waals surface area contributed by atoms with Gasteiger partial charge in [-0.05, 0) is 19.1 Å². The van der Waals surface area contributed by atoms with Crippen LogP contribution in [0.5, 0.6) is 0 Å². The van der Waals surface area contributed by atoms with Crippen LogP contribution in [0.15, 0.2) is 24.5 Å². The van der Waals surface area contributed by atoms with Gasteiger partial charge in [-0.25, -0.2) is 4.98 Å². The van der Waals surface area contributed by atoms with Gasteiger partial charge in [0, 0.05) is 13.1 Å². The van der Waals surface area contributed by atoms with Crippen molar-refractivity contribution in [3.63, 3.8) is 0 Å². The summed E-state index contributed by atoms with van der Waals surface area (Å²) in [6.45, 7) is 3.38. The number of Topliss-reactive ketones (excluding diaryl/α,β-unsaturated/α-hetero) is 1. The molecular formula is C11H12ClN3OS. The van der Waals surface area contributed by atoms with Gasteiger partial charge in [0.25, 0.3) is 0 Å². The van der Waals surface area contributed by atoms with Gasteiger partial charge >= 0.3 is 0 Å². The average molecular weight is 270 g/mol. The SMILES string of the molecule is CC(=O)c1sc(Nc2cccnc2)nc1C.Cl. The first kappa shape index (κ1) is 13.6. The third-order valence-corrected chi connectivity index (χ3v) is 3.20. The van der Waals surface area contributed by atoms with Crippen LogP contribution in [0.25, 0.3) is 0 Å². The molecule has 0 atom stereocenters. The minimum absolute atomic E-state index is 0. The van der Waals surface area contributed by atoms with Gasteiger partial charge in [0.15, 0.2) is 10.9 Å². The molecule has 0 aromatic carbocycles. The number of pyridine rings is 1. The molecule has 0 amide bonds. The van der Waals surface area contributed by atoms with Gasteiger partial charge in [0.05, 0.1) is 22.5 Å². The lowest BCUT2D eigenvalue weighted by Crippen LogP contribution is -1.90. The quantitative estimate of drug-likeness (QED) is 0.870. The number of ketones is 1. The Balaban J connectivity index is 0.00000144. The summed E-state index contributed by atoms with van der Waals surface area (Å²) in [5.41, 5.74) is 1.63. The molecule has 0 aliphatic heterocycles. The van der Waals surface area contributed by atoms with Crippen molar-refractivity contribution in [3.05, 3.63) is 35.1 Å². The van der Waals surface area contributed by atoms with Gasteiger partial charge < -0.3 is 5.32 Å². The first-order chi connectivity index (χ1) is 7.66. The Bertz CT molecular complexity index is 513. The van der Waals surface area contributed by atoms with E-state index in [-0.39, 0.29) is 18.2 Å². The Kier molecular flexibility index (Phi) is 4.60. The first-order valence-electron chi connectivity index (χ1n) is 4.82. The molecule has 0 saturated carbocycles. The second kappa shape index (κ2) is 5.75. The lowest BCUT2D eigenvalue weighted by atomic mass is 10.3. The molecule has 1 N–H and O–H groups in total. The van der Waals surface area contributed by atoms with Crippen molar-refractivity contribution in [3.8, 4) is 0 Å². The minimum atomic E-state index is 0. The fourth-order valence-electron chi connectivity index (χ4n) is 1.34. The van der Waals surface area contributed by atoms with E-state index < -0.39 is 0 Å². The summed E-state index contributed by atoms with van der Waals surface area (Å²) in [6, 6.07) is 3.74. The third kappa shape index (κ3) is 3.25. The highest BCUT2D eigenvalue weighted by Gasteiger charge is 2.11. The van der Waals surface area contributed by atoms with Gasteiger partial charge in [-0.3, -0.25) is 9.78 Å². The van der Waals surface area contributed by atoms with Gasteiger partial charge in [-0.15, -0.1) is 12.4 Å². The summed E-state index contributed by atoms with van der Waals surface area (Å²) in [5, 5.41) is 3.83. The number of hydrogen-bond acceptors (Lipinski definition) is 5. The van der Waals surface area contributed by atoms with Crippen LogP contribution in [-0.2, 0) is 0 Å². The molecule has 0 aliphatic carbocycles. The molecule has 0 aliphatic rings. The number of nitrogens with one attached hydrogen (secondary N) is 1. The summed E-state index contributed by atoms with van der Waals surface area (Å²) in [5.74, 6) is 0.0502. The van der Waals surface area contributed by atoms with Crippen molar-refractivity contribution >= 4 is 40.3 Å². The van der Waals surface area contributed by atoms with E-state index in [4.69, 9.17) is 0 Å². The van der Waals surface area contributed by atoms with Crippen LogP contribution < -0.4 is 5.32 Å². The van der Waals surface area contributed by atoms with E-state index in [0.29, 0.717) is 4.88 Å². The number of carbonyl (C=O) groups excluding carboxylic acids is 1. The maximum absolute atomic E-state index is 11.3. The van der Waals surface area contributed by atoms with E-state index in [9.17, 15) is 4.79 Å². The topological polar surface area (TPSA) is 54.9 Å². The standard InChI is InChI=1S/C11H11N3OS.ClH/c1-7-10(8(2)15)16-11(13-7)14-9-4-3-5-12-6-9;/h3-6H,1-2H3,(H,13,14);1H. The van der Waals surface area contributed by atoms with Crippen molar-refractivity contribution in [2.45, 2.75) is 13.8 Å². The summed E-state index contributed by atoms with van der Waals surface area (Å²) in [4.78, 5) is 20.2. The molecule has 0 radical (unpaired) electrons. The summed E-state index contributed by atoms with van der Waals surface area (Å²) >= 11 is 1.36. The third-order valence-electron chi connectivity index (χ3n) is 2.03. The number of rotatable bonds is 3. The second-order valence-electron chi connectivity index (χ2n) is 3.36.